The van der Waals surface area contributed by atoms with Crippen molar-refractivity contribution in [3.8, 4) is 17.1 Å². The van der Waals surface area contributed by atoms with E-state index in [0.717, 1.165) is 47.8 Å². The van der Waals surface area contributed by atoms with Crippen LogP contribution in [0.3, 0.4) is 0 Å². The Bertz CT molecular complexity index is 1120. The highest BCUT2D eigenvalue weighted by atomic mass is 16.5. The first-order chi connectivity index (χ1) is 16.6. The SMILES string of the molecule is COc1cccc(Cn2cc([C@@H](C)N(C(=O)[C@H]3CNCCO3)C3CC3)nc2-c2ccccc2)c1. The van der Waals surface area contributed by atoms with Crippen molar-refractivity contribution >= 4 is 5.91 Å². The van der Waals surface area contributed by atoms with E-state index in [2.05, 4.69) is 41.2 Å². The number of morpholine rings is 1. The second kappa shape index (κ2) is 9.99. The highest BCUT2D eigenvalue weighted by molar-refractivity contribution is 5.82. The minimum absolute atomic E-state index is 0.0609. The minimum Gasteiger partial charge on any atom is -0.497 e. The van der Waals surface area contributed by atoms with E-state index in [4.69, 9.17) is 14.5 Å². The fraction of sp³-hybridized carbons (Fsp3) is 0.407. The number of amides is 1. The van der Waals surface area contributed by atoms with Crippen molar-refractivity contribution in [3.05, 3.63) is 72.1 Å². The number of hydrogen-bond acceptors (Lipinski definition) is 5. The lowest BCUT2D eigenvalue weighted by atomic mass is 10.1. The molecule has 2 atom stereocenters. The lowest BCUT2D eigenvalue weighted by Crippen LogP contribution is -2.50. The smallest absolute Gasteiger partial charge is 0.253 e. The van der Waals surface area contributed by atoms with Gasteiger partial charge in [0.15, 0.2) is 0 Å². The summed E-state index contributed by atoms with van der Waals surface area (Å²) in [6, 6.07) is 18.4. The van der Waals surface area contributed by atoms with Gasteiger partial charge in [0.1, 0.15) is 17.7 Å². The van der Waals surface area contributed by atoms with Crippen molar-refractivity contribution in [1.29, 1.82) is 0 Å². The van der Waals surface area contributed by atoms with Crippen molar-refractivity contribution in [2.75, 3.05) is 26.8 Å². The summed E-state index contributed by atoms with van der Waals surface area (Å²) < 4.78 is 13.4. The number of benzene rings is 2. The number of carbonyl (C=O) groups is 1. The van der Waals surface area contributed by atoms with Crippen molar-refractivity contribution in [3.63, 3.8) is 0 Å². The molecule has 7 nitrogen and oxygen atoms in total. The number of nitrogens with zero attached hydrogens (tertiary/aromatic N) is 3. The fourth-order valence-corrected chi connectivity index (χ4v) is 4.62. The Morgan fingerprint density at radius 3 is 2.76 bits per heavy atom. The molecule has 1 saturated carbocycles. The van der Waals surface area contributed by atoms with Gasteiger partial charge in [-0.2, -0.15) is 0 Å². The van der Waals surface area contributed by atoms with Crippen LogP contribution in [-0.2, 0) is 16.1 Å². The molecule has 2 fully saturated rings. The molecular formula is C27H32N4O3. The van der Waals surface area contributed by atoms with Gasteiger partial charge >= 0.3 is 0 Å². The zero-order valence-corrected chi connectivity index (χ0v) is 19.8. The molecule has 1 N–H and O–H groups in total. The van der Waals surface area contributed by atoms with E-state index in [1.54, 1.807) is 7.11 Å². The summed E-state index contributed by atoms with van der Waals surface area (Å²) in [7, 11) is 1.68. The maximum Gasteiger partial charge on any atom is 0.253 e. The molecule has 1 aliphatic carbocycles. The van der Waals surface area contributed by atoms with Crippen LogP contribution in [0.1, 0.15) is 37.1 Å². The van der Waals surface area contributed by atoms with Crippen LogP contribution in [0.25, 0.3) is 11.4 Å². The molecular weight excluding hydrogens is 428 g/mol. The van der Waals surface area contributed by atoms with Gasteiger partial charge in [0.2, 0.25) is 0 Å². The van der Waals surface area contributed by atoms with Crippen LogP contribution in [0, 0.1) is 0 Å². The first kappa shape index (κ1) is 22.6. The normalized spacial score (nSPS) is 18.9. The van der Waals surface area contributed by atoms with Crippen LogP contribution in [0.2, 0.25) is 0 Å². The highest BCUT2D eigenvalue weighted by Crippen LogP contribution is 2.36. The van der Waals surface area contributed by atoms with Crippen LogP contribution in [0.5, 0.6) is 5.75 Å². The van der Waals surface area contributed by atoms with Gasteiger partial charge in [-0.3, -0.25) is 4.79 Å². The fourth-order valence-electron chi connectivity index (χ4n) is 4.62. The highest BCUT2D eigenvalue weighted by Gasteiger charge is 2.40. The molecule has 2 heterocycles. The van der Waals surface area contributed by atoms with E-state index in [1.807, 2.05) is 41.3 Å². The third-order valence-corrected chi connectivity index (χ3v) is 6.56. The minimum atomic E-state index is -0.427. The summed E-state index contributed by atoms with van der Waals surface area (Å²) in [4.78, 5) is 20.5. The molecule has 1 aromatic heterocycles. The van der Waals surface area contributed by atoms with E-state index in [0.29, 0.717) is 19.7 Å². The second-order valence-corrected chi connectivity index (χ2v) is 9.05. The molecule has 0 spiro atoms. The van der Waals surface area contributed by atoms with Crippen molar-refractivity contribution in [1.82, 2.24) is 19.8 Å². The number of hydrogen-bond donors (Lipinski definition) is 1. The standard InChI is InChI=1S/C27H32N4O3/c1-19(31(22-11-12-22)27(32)25-16-28-13-14-34-25)24-18-30(17-20-7-6-10-23(15-20)33-2)26(29-24)21-8-4-3-5-9-21/h3-10,15,18-19,22,25,28H,11-14,16-17H2,1-2H3/t19-,25-/m1/s1. The van der Waals surface area contributed by atoms with Gasteiger partial charge in [-0.1, -0.05) is 42.5 Å². The Hall–Kier alpha value is -3.16. The van der Waals surface area contributed by atoms with Crippen molar-refractivity contribution in [2.45, 2.75) is 44.5 Å². The van der Waals surface area contributed by atoms with E-state index < -0.39 is 6.10 Å². The molecule has 0 unspecified atom stereocenters. The Morgan fingerprint density at radius 1 is 1.24 bits per heavy atom. The predicted molar refractivity (Wildman–Crippen MR) is 131 cm³/mol. The molecule has 7 heteroatoms. The van der Waals surface area contributed by atoms with Gasteiger partial charge in [0, 0.05) is 37.4 Å². The average molecular weight is 461 g/mol. The number of ether oxygens (including phenoxy) is 2. The molecule has 2 aromatic carbocycles. The Labute approximate surface area is 200 Å². The Balaban J connectivity index is 1.47. The van der Waals surface area contributed by atoms with Crippen LogP contribution in [0.4, 0.5) is 0 Å². The second-order valence-electron chi connectivity index (χ2n) is 9.05. The zero-order valence-electron chi connectivity index (χ0n) is 19.8. The summed E-state index contributed by atoms with van der Waals surface area (Å²) >= 11 is 0. The van der Waals surface area contributed by atoms with Gasteiger partial charge < -0.3 is 24.3 Å². The van der Waals surface area contributed by atoms with E-state index >= 15 is 0 Å². The summed E-state index contributed by atoms with van der Waals surface area (Å²) in [6.45, 7) is 4.66. The Morgan fingerprint density at radius 2 is 2.06 bits per heavy atom. The topological polar surface area (TPSA) is 68.6 Å². The van der Waals surface area contributed by atoms with Crippen LogP contribution in [-0.4, -0.2) is 59.3 Å². The summed E-state index contributed by atoms with van der Waals surface area (Å²) in [6.07, 6.45) is 3.73. The van der Waals surface area contributed by atoms with Gasteiger partial charge in [-0.25, -0.2) is 4.98 Å². The number of rotatable bonds is 8. The monoisotopic (exact) mass is 460 g/mol. The summed E-state index contributed by atoms with van der Waals surface area (Å²) in [5.74, 6) is 1.79. The molecule has 0 bridgehead atoms. The van der Waals surface area contributed by atoms with Gasteiger partial charge in [-0.15, -0.1) is 0 Å². The van der Waals surface area contributed by atoms with Crippen LogP contribution < -0.4 is 10.1 Å². The molecule has 1 aliphatic heterocycles. The lowest BCUT2D eigenvalue weighted by Gasteiger charge is -2.33. The summed E-state index contributed by atoms with van der Waals surface area (Å²) in [5, 5.41) is 3.28. The van der Waals surface area contributed by atoms with E-state index in [-0.39, 0.29) is 18.0 Å². The van der Waals surface area contributed by atoms with Crippen LogP contribution >= 0.6 is 0 Å². The van der Waals surface area contributed by atoms with Gasteiger partial charge in [0.25, 0.3) is 5.91 Å². The van der Waals surface area contributed by atoms with Crippen LogP contribution in [0.15, 0.2) is 60.8 Å². The van der Waals surface area contributed by atoms with E-state index in [9.17, 15) is 4.79 Å². The number of methoxy groups -OCH3 is 1. The average Bonchev–Trinajstić information content (AvgIpc) is 3.63. The third-order valence-electron chi connectivity index (χ3n) is 6.56. The van der Waals surface area contributed by atoms with Crippen molar-refractivity contribution < 1.29 is 14.3 Å². The van der Waals surface area contributed by atoms with E-state index in [1.165, 1.54) is 0 Å². The third kappa shape index (κ3) is 4.86. The molecule has 0 radical (unpaired) electrons. The maximum atomic E-state index is 13.4. The molecule has 178 valence electrons. The maximum absolute atomic E-state index is 13.4. The zero-order chi connectivity index (χ0) is 23.5. The number of nitrogens with one attached hydrogen (secondary N) is 1. The Kier molecular flexibility index (Phi) is 6.65. The summed E-state index contributed by atoms with van der Waals surface area (Å²) in [5.41, 5.74) is 3.07. The molecule has 3 aromatic rings. The predicted octanol–water partition coefficient (Wildman–Crippen LogP) is 3.65. The molecule has 5 rings (SSSR count). The molecule has 1 saturated heterocycles. The molecule has 1 amide bonds. The first-order valence-corrected chi connectivity index (χ1v) is 12.0. The lowest BCUT2D eigenvalue weighted by molar-refractivity contribution is -0.148. The molecule has 34 heavy (non-hydrogen) atoms. The number of imidazole rings is 1. The number of carbonyl (C=O) groups excluding carboxylic acids is 1. The van der Waals surface area contributed by atoms with Gasteiger partial charge in [-0.05, 0) is 37.5 Å². The molecule has 2 aliphatic rings. The first-order valence-electron chi connectivity index (χ1n) is 12.0. The quantitative estimate of drug-likeness (QED) is 0.556. The number of aromatic nitrogens is 2. The van der Waals surface area contributed by atoms with Gasteiger partial charge in [0.05, 0.1) is 25.5 Å². The van der Waals surface area contributed by atoms with Crippen molar-refractivity contribution in [2.24, 2.45) is 0 Å². The largest absolute Gasteiger partial charge is 0.497 e.